The van der Waals surface area contributed by atoms with Gasteiger partial charge in [-0.15, -0.1) is 11.3 Å². The van der Waals surface area contributed by atoms with Gasteiger partial charge < -0.3 is 10.1 Å². The molecule has 0 aromatic carbocycles. The monoisotopic (exact) mass is 279 g/mol. The third-order valence-corrected chi connectivity index (χ3v) is 5.97. The van der Waals surface area contributed by atoms with E-state index in [9.17, 15) is 0 Å². The third-order valence-electron chi connectivity index (χ3n) is 4.62. The van der Waals surface area contributed by atoms with Crippen LogP contribution in [0.3, 0.4) is 0 Å². The van der Waals surface area contributed by atoms with E-state index in [-0.39, 0.29) is 0 Å². The van der Waals surface area contributed by atoms with Gasteiger partial charge in [-0.2, -0.15) is 0 Å². The number of fused-ring (bicyclic) bond motifs is 1. The fraction of sp³-hybridized carbons (Fsp3) is 0.750. The summed E-state index contributed by atoms with van der Waals surface area (Å²) >= 11 is 2.06. The molecule has 1 aromatic heterocycles. The maximum Gasteiger partial charge on any atom is 0.0468 e. The van der Waals surface area contributed by atoms with Crippen LogP contribution in [0.4, 0.5) is 0 Å². The zero-order valence-corrected chi connectivity index (χ0v) is 12.7. The van der Waals surface area contributed by atoms with Crippen LogP contribution in [-0.4, -0.2) is 20.3 Å². The van der Waals surface area contributed by atoms with Crippen molar-refractivity contribution in [3.8, 4) is 0 Å². The topological polar surface area (TPSA) is 21.3 Å². The highest BCUT2D eigenvalue weighted by Gasteiger charge is 2.22. The summed E-state index contributed by atoms with van der Waals surface area (Å²) in [6.45, 7) is 1.92. The molecule has 0 saturated carbocycles. The van der Waals surface area contributed by atoms with E-state index >= 15 is 0 Å². The van der Waals surface area contributed by atoms with E-state index in [1.54, 1.807) is 15.3 Å². The second-order valence-corrected chi connectivity index (χ2v) is 7.11. The molecule has 106 valence electrons. The standard InChI is InChI=1S/C16H25NOS/c1-17-14(10-12-6-8-18-9-7-12)16-11-13-4-2-3-5-15(13)19-16/h11-12,14,17H,2-10H2,1H3. The van der Waals surface area contributed by atoms with Gasteiger partial charge >= 0.3 is 0 Å². The molecule has 1 atom stereocenters. The minimum absolute atomic E-state index is 0.554. The van der Waals surface area contributed by atoms with Crippen molar-refractivity contribution in [3.63, 3.8) is 0 Å². The molecule has 1 aromatic rings. The Hall–Kier alpha value is -0.380. The second-order valence-electron chi connectivity index (χ2n) is 5.94. The molecule has 2 nitrogen and oxygen atoms in total. The Balaban J connectivity index is 1.68. The number of nitrogens with one attached hydrogen (secondary N) is 1. The first-order chi connectivity index (χ1) is 9.36. The van der Waals surface area contributed by atoms with Crippen molar-refractivity contribution in [2.45, 2.75) is 51.0 Å². The molecule has 0 radical (unpaired) electrons. The molecule has 0 amide bonds. The summed E-state index contributed by atoms with van der Waals surface area (Å²) < 4.78 is 5.47. The van der Waals surface area contributed by atoms with Gasteiger partial charge in [-0.05, 0) is 69.5 Å². The van der Waals surface area contributed by atoms with Crippen molar-refractivity contribution < 1.29 is 4.74 Å². The van der Waals surface area contributed by atoms with Gasteiger partial charge in [0.15, 0.2) is 0 Å². The quantitative estimate of drug-likeness (QED) is 0.907. The maximum atomic E-state index is 5.47. The minimum Gasteiger partial charge on any atom is -0.381 e. The van der Waals surface area contributed by atoms with Crippen LogP contribution in [0.25, 0.3) is 0 Å². The van der Waals surface area contributed by atoms with Crippen LogP contribution in [0, 0.1) is 5.92 Å². The summed E-state index contributed by atoms with van der Waals surface area (Å²) in [7, 11) is 2.11. The Kier molecular flexibility index (Phi) is 4.57. The molecule has 3 rings (SSSR count). The Labute approximate surface area is 120 Å². The van der Waals surface area contributed by atoms with Gasteiger partial charge in [-0.25, -0.2) is 0 Å². The number of rotatable bonds is 4. The lowest BCUT2D eigenvalue weighted by molar-refractivity contribution is 0.0609. The van der Waals surface area contributed by atoms with Crippen LogP contribution in [0.5, 0.6) is 0 Å². The maximum absolute atomic E-state index is 5.47. The molecule has 1 saturated heterocycles. The van der Waals surface area contributed by atoms with E-state index in [0.29, 0.717) is 6.04 Å². The lowest BCUT2D eigenvalue weighted by Crippen LogP contribution is -2.23. The van der Waals surface area contributed by atoms with Crippen LogP contribution in [0.15, 0.2) is 6.07 Å². The average Bonchev–Trinajstić information content (AvgIpc) is 2.89. The van der Waals surface area contributed by atoms with Crippen molar-refractivity contribution in [1.29, 1.82) is 0 Å². The summed E-state index contributed by atoms with van der Waals surface area (Å²) in [6, 6.07) is 3.04. The Bertz CT molecular complexity index is 385. The Morgan fingerprint density at radius 1 is 1.32 bits per heavy atom. The third kappa shape index (κ3) is 3.21. The zero-order valence-electron chi connectivity index (χ0n) is 11.9. The molecule has 1 aliphatic carbocycles. The van der Waals surface area contributed by atoms with Gasteiger partial charge in [-0.1, -0.05) is 0 Å². The van der Waals surface area contributed by atoms with Crippen LogP contribution in [-0.2, 0) is 17.6 Å². The number of thiophene rings is 1. The van der Waals surface area contributed by atoms with Gasteiger partial charge in [0, 0.05) is 29.0 Å². The summed E-state index contributed by atoms with van der Waals surface area (Å²) in [6.07, 6.45) is 9.14. The molecule has 1 fully saturated rings. The highest BCUT2D eigenvalue weighted by molar-refractivity contribution is 7.12. The number of ether oxygens (including phenoxy) is 1. The van der Waals surface area contributed by atoms with Gasteiger partial charge in [0.2, 0.25) is 0 Å². The Morgan fingerprint density at radius 2 is 2.11 bits per heavy atom. The van der Waals surface area contributed by atoms with Crippen molar-refractivity contribution >= 4 is 11.3 Å². The number of hydrogen-bond donors (Lipinski definition) is 1. The predicted octanol–water partition coefficient (Wildman–Crippen LogP) is 3.70. The van der Waals surface area contributed by atoms with E-state index in [1.165, 1.54) is 44.9 Å². The first-order valence-electron chi connectivity index (χ1n) is 7.73. The van der Waals surface area contributed by atoms with E-state index in [2.05, 4.69) is 29.8 Å². The SMILES string of the molecule is CNC(CC1CCOCC1)c1cc2c(s1)CCCC2. The molecular formula is C16H25NOS. The van der Waals surface area contributed by atoms with Crippen LogP contribution >= 0.6 is 11.3 Å². The van der Waals surface area contributed by atoms with Gasteiger partial charge in [0.25, 0.3) is 0 Å². The highest BCUT2D eigenvalue weighted by Crippen LogP contribution is 2.36. The normalized spacial score (nSPS) is 22.2. The van der Waals surface area contributed by atoms with E-state index in [0.717, 1.165) is 19.1 Å². The van der Waals surface area contributed by atoms with E-state index in [4.69, 9.17) is 4.74 Å². The lowest BCUT2D eigenvalue weighted by atomic mass is 9.91. The molecule has 2 heterocycles. The first-order valence-corrected chi connectivity index (χ1v) is 8.55. The van der Waals surface area contributed by atoms with Crippen molar-refractivity contribution in [3.05, 3.63) is 21.4 Å². The largest absolute Gasteiger partial charge is 0.381 e. The van der Waals surface area contributed by atoms with E-state index in [1.807, 2.05) is 0 Å². The van der Waals surface area contributed by atoms with Crippen LogP contribution < -0.4 is 5.32 Å². The van der Waals surface area contributed by atoms with Crippen molar-refractivity contribution in [2.75, 3.05) is 20.3 Å². The summed E-state index contributed by atoms with van der Waals surface area (Å²) in [5.74, 6) is 0.838. The minimum atomic E-state index is 0.554. The molecule has 3 heteroatoms. The highest BCUT2D eigenvalue weighted by atomic mass is 32.1. The van der Waals surface area contributed by atoms with Crippen molar-refractivity contribution in [2.24, 2.45) is 5.92 Å². The molecule has 1 aliphatic heterocycles. The molecule has 1 unspecified atom stereocenters. The van der Waals surface area contributed by atoms with Crippen LogP contribution in [0.1, 0.15) is 53.5 Å². The fourth-order valence-electron chi connectivity index (χ4n) is 3.38. The molecule has 0 spiro atoms. The molecule has 0 bridgehead atoms. The summed E-state index contributed by atoms with van der Waals surface area (Å²) in [4.78, 5) is 3.23. The summed E-state index contributed by atoms with van der Waals surface area (Å²) in [5.41, 5.74) is 1.64. The molecule has 2 aliphatic rings. The van der Waals surface area contributed by atoms with Crippen molar-refractivity contribution in [1.82, 2.24) is 5.32 Å². The number of aryl methyl sites for hydroxylation is 2. The van der Waals surface area contributed by atoms with E-state index < -0.39 is 0 Å². The second kappa shape index (κ2) is 6.38. The van der Waals surface area contributed by atoms with Gasteiger partial charge in [0.05, 0.1) is 0 Å². The lowest BCUT2D eigenvalue weighted by Gasteiger charge is -2.26. The Morgan fingerprint density at radius 3 is 2.84 bits per heavy atom. The fourth-order valence-corrected chi connectivity index (χ4v) is 4.76. The predicted molar refractivity (Wildman–Crippen MR) is 80.9 cm³/mol. The molecule has 1 N–H and O–H groups in total. The smallest absolute Gasteiger partial charge is 0.0468 e. The first kappa shape index (κ1) is 13.6. The zero-order chi connectivity index (χ0) is 13.1. The summed E-state index contributed by atoms with van der Waals surface area (Å²) in [5, 5.41) is 3.54. The van der Waals surface area contributed by atoms with Crippen LogP contribution in [0.2, 0.25) is 0 Å². The van der Waals surface area contributed by atoms with Gasteiger partial charge in [-0.3, -0.25) is 0 Å². The molecular weight excluding hydrogens is 254 g/mol. The number of hydrogen-bond acceptors (Lipinski definition) is 3. The van der Waals surface area contributed by atoms with Gasteiger partial charge in [0.1, 0.15) is 0 Å². The molecule has 19 heavy (non-hydrogen) atoms. The average molecular weight is 279 g/mol.